The van der Waals surface area contributed by atoms with Gasteiger partial charge >= 0.3 is 15.6 Å². The number of ketones is 2. The fourth-order valence-electron chi connectivity index (χ4n) is 1.70. The summed E-state index contributed by atoms with van der Waals surface area (Å²) in [5.74, 6) is -2.74. The van der Waals surface area contributed by atoms with E-state index >= 15 is 0 Å². The molecule has 0 aromatic heterocycles. The molecule has 0 fully saturated rings. The maximum Gasteiger partial charge on any atom is 0.472 e. The van der Waals surface area contributed by atoms with Crippen molar-refractivity contribution in [2.45, 2.75) is 36.6 Å². The van der Waals surface area contributed by atoms with E-state index in [4.69, 9.17) is 14.9 Å². The number of rotatable bonds is 16. The van der Waals surface area contributed by atoms with Crippen molar-refractivity contribution in [1.82, 2.24) is 0 Å². The maximum absolute atomic E-state index is 11.7. The second-order valence-electron chi connectivity index (χ2n) is 5.92. The Labute approximate surface area is 173 Å². The fourth-order valence-corrected chi connectivity index (χ4v) is 2.76. The Kier molecular flexibility index (Phi) is 12.8. The SMILES string of the molecule is O=C(COP(=O)(O)OC[C@@H](O)[C@@H](O)[C@H](O)C(=O)CO)[C@@H](O)[C@H](O)[C@H](O)COP(=O)(O)O. The molecule has 0 radical (unpaired) electrons. The van der Waals surface area contributed by atoms with E-state index < -0.39 is 90.3 Å². The van der Waals surface area contributed by atoms with Crippen molar-refractivity contribution in [2.24, 2.45) is 0 Å². The standard InChI is InChI=1S/C12H24O17P2/c13-1-5(14)9(18)10(19)7(16)3-28-31(25,26)29-4-8(17)12(21)11(20)6(15)2-27-30(22,23)24/h6-7,9-13,15-16,18-21H,1-4H2,(H,25,26)(H2,22,23,24)/t6-,7-,9-,10-,11-,12-/m1/s1. The Balaban J connectivity index is 4.62. The number of phosphoric ester groups is 2. The third kappa shape index (κ3) is 11.6. The second-order valence-corrected chi connectivity index (χ2v) is 8.61. The summed E-state index contributed by atoms with van der Waals surface area (Å²) >= 11 is 0. The summed E-state index contributed by atoms with van der Waals surface area (Å²) in [4.78, 5) is 49.0. The molecule has 10 N–H and O–H groups in total. The van der Waals surface area contributed by atoms with E-state index in [1.54, 1.807) is 0 Å². The molecule has 0 spiro atoms. The number of carbonyl (C=O) groups excluding carboxylic acids is 2. The van der Waals surface area contributed by atoms with Gasteiger partial charge in [-0.05, 0) is 0 Å². The Morgan fingerprint density at radius 1 is 0.710 bits per heavy atom. The van der Waals surface area contributed by atoms with Gasteiger partial charge in [0.05, 0.1) is 13.2 Å². The molecule has 0 bridgehead atoms. The van der Waals surface area contributed by atoms with E-state index in [1.165, 1.54) is 0 Å². The topological polar surface area (TPSA) is 298 Å². The molecule has 31 heavy (non-hydrogen) atoms. The average Bonchev–Trinajstić information content (AvgIpc) is 2.70. The highest BCUT2D eigenvalue weighted by Crippen LogP contribution is 2.43. The number of aliphatic hydroxyl groups excluding tert-OH is 7. The summed E-state index contributed by atoms with van der Waals surface area (Å²) < 4.78 is 34.4. The first kappa shape index (κ1) is 30.3. The van der Waals surface area contributed by atoms with Gasteiger partial charge in [-0.1, -0.05) is 0 Å². The fraction of sp³-hybridized carbons (Fsp3) is 0.833. The van der Waals surface area contributed by atoms with E-state index in [0.29, 0.717) is 0 Å². The zero-order valence-electron chi connectivity index (χ0n) is 15.5. The number of carbonyl (C=O) groups is 2. The van der Waals surface area contributed by atoms with Crippen molar-refractivity contribution >= 4 is 27.2 Å². The lowest BCUT2D eigenvalue weighted by Gasteiger charge is -2.23. The van der Waals surface area contributed by atoms with Gasteiger partial charge < -0.3 is 50.4 Å². The zero-order valence-corrected chi connectivity index (χ0v) is 17.3. The third-order valence-corrected chi connectivity index (χ3v) is 4.86. The molecule has 0 aliphatic rings. The van der Waals surface area contributed by atoms with Gasteiger partial charge in [0.15, 0.2) is 11.6 Å². The highest BCUT2D eigenvalue weighted by atomic mass is 31.2. The summed E-state index contributed by atoms with van der Waals surface area (Å²) in [6, 6.07) is 0. The Hall–Kier alpha value is -0.720. The lowest BCUT2D eigenvalue weighted by Crippen LogP contribution is -2.45. The number of aliphatic hydroxyl groups is 7. The van der Waals surface area contributed by atoms with Gasteiger partial charge in [0.1, 0.15) is 49.8 Å². The first-order valence-electron chi connectivity index (χ1n) is 8.09. The Bertz CT molecular complexity index is 678. The van der Waals surface area contributed by atoms with Crippen molar-refractivity contribution in [3.63, 3.8) is 0 Å². The minimum absolute atomic E-state index is 1.16. The summed E-state index contributed by atoms with van der Waals surface area (Å²) in [5, 5.41) is 65.3. The van der Waals surface area contributed by atoms with Crippen LogP contribution in [0.5, 0.6) is 0 Å². The molecule has 0 saturated heterocycles. The van der Waals surface area contributed by atoms with Crippen LogP contribution in [-0.2, 0) is 32.3 Å². The van der Waals surface area contributed by atoms with Gasteiger partial charge in [-0.15, -0.1) is 0 Å². The lowest BCUT2D eigenvalue weighted by molar-refractivity contribution is -0.144. The van der Waals surface area contributed by atoms with Crippen molar-refractivity contribution in [3.05, 3.63) is 0 Å². The highest BCUT2D eigenvalue weighted by Gasteiger charge is 2.35. The van der Waals surface area contributed by atoms with Crippen molar-refractivity contribution in [3.8, 4) is 0 Å². The molecule has 184 valence electrons. The molecule has 17 nitrogen and oxygen atoms in total. The Morgan fingerprint density at radius 2 is 1.13 bits per heavy atom. The summed E-state index contributed by atoms with van der Waals surface area (Å²) in [5.41, 5.74) is 0. The molecule has 0 rings (SSSR count). The molecule has 7 atom stereocenters. The number of phosphoric acid groups is 2. The smallest absolute Gasteiger partial charge is 0.388 e. The third-order valence-electron chi connectivity index (χ3n) is 3.44. The number of hydrogen-bond acceptors (Lipinski definition) is 14. The quantitative estimate of drug-likeness (QED) is 0.0880. The van der Waals surface area contributed by atoms with Crippen LogP contribution in [0.1, 0.15) is 0 Å². The molecule has 0 aliphatic heterocycles. The lowest BCUT2D eigenvalue weighted by atomic mass is 10.1. The van der Waals surface area contributed by atoms with Crippen molar-refractivity contribution in [2.75, 3.05) is 26.4 Å². The van der Waals surface area contributed by atoms with E-state index in [-0.39, 0.29) is 0 Å². The average molecular weight is 502 g/mol. The van der Waals surface area contributed by atoms with Gasteiger partial charge in [0.2, 0.25) is 0 Å². The predicted molar refractivity (Wildman–Crippen MR) is 92.9 cm³/mol. The van der Waals surface area contributed by atoms with E-state index in [0.717, 1.165) is 0 Å². The van der Waals surface area contributed by atoms with Gasteiger partial charge in [0, 0.05) is 0 Å². The summed E-state index contributed by atoms with van der Waals surface area (Å²) in [6.07, 6.45) is -13.5. The van der Waals surface area contributed by atoms with Gasteiger partial charge in [-0.2, -0.15) is 0 Å². The predicted octanol–water partition coefficient (Wildman–Crippen LogP) is -5.47. The van der Waals surface area contributed by atoms with Crippen molar-refractivity contribution in [1.29, 1.82) is 0 Å². The number of Topliss-reactive ketones (excluding diaryl/α,β-unsaturated/α-hetero) is 2. The van der Waals surface area contributed by atoms with Crippen LogP contribution in [0.15, 0.2) is 0 Å². The van der Waals surface area contributed by atoms with Crippen LogP contribution >= 0.6 is 15.6 Å². The van der Waals surface area contributed by atoms with E-state index in [2.05, 4.69) is 13.6 Å². The normalized spacial score (nSPS) is 20.2. The van der Waals surface area contributed by atoms with Crippen LogP contribution in [0.3, 0.4) is 0 Å². The molecule has 0 saturated carbocycles. The molecular formula is C12H24O17P2. The second kappa shape index (κ2) is 13.1. The van der Waals surface area contributed by atoms with Gasteiger partial charge in [-0.3, -0.25) is 23.2 Å². The molecule has 0 heterocycles. The summed E-state index contributed by atoms with van der Waals surface area (Å²) in [6.45, 7) is -4.92. The number of hydrogen-bond donors (Lipinski definition) is 10. The molecule has 0 aromatic carbocycles. The Morgan fingerprint density at radius 3 is 1.55 bits per heavy atom. The van der Waals surface area contributed by atoms with Gasteiger partial charge in [-0.25, -0.2) is 9.13 Å². The largest absolute Gasteiger partial charge is 0.472 e. The van der Waals surface area contributed by atoms with Crippen LogP contribution in [0.2, 0.25) is 0 Å². The monoisotopic (exact) mass is 502 g/mol. The van der Waals surface area contributed by atoms with Crippen LogP contribution in [-0.4, -0.2) is 125 Å². The zero-order chi connectivity index (χ0) is 24.6. The molecule has 19 heteroatoms. The van der Waals surface area contributed by atoms with Crippen LogP contribution in [0.4, 0.5) is 0 Å². The minimum atomic E-state index is -5.12. The summed E-state index contributed by atoms with van der Waals surface area (Å²) in [7, 11) is -10.1. The first-order chi connectivity index (χ1) is 14.0. The molecule has 0 aromatic rings. The van der Waals surface area contributed by atoms with Gasteiger partial charge in [0.25, 0.3) is 0 Å². The highest BCUT2D eigenvalue weighted by molar-refractivity contribution is 7.47. The van der Waals surface area contributed by atoms with Crippen LogP contribution in [0.25, 0.3) is 0 Å². The van der Waals surface area contributed by atoms with Crippen LogP contribution in [0, 0.1) is 0 Å². The van der Waals surface area contributed by atoms with Crippen LogP contribution < -0.4 is 0 Å². The minimum Gasteiger partial charge on any atom is -0.388 e. The maximum atomic E-state index is 11.7. The molecule has 0 aliphatic carbocycles. The molecular weight excluding hydrogens is 478 g/mol. The van der Waals surface area contributed by atoms with Crippen molar-refractivity contribution < 1.29 is 82.7 Å². The first-order valence-corrected chi connectivity index (χ1v) is 11.1. The molecule has 0 amide bonds. The van der Waals surface area contributed by atoms with E-state index in [1.807, 2.05) is 0 Å². The van der Waals surface area contributed by atoms with E-state index in [9.17, 15) is 54.3 Å². The molecule has 1 unspecified atom stereocenters.